The molecule has 0 radical (unpaired) electrons. The molecule has 17 heteroatoms. The van der Waals surface area contributed by atoms with E-state index in [4.69, 9.17) is 28.1 Å². The molecule has 3 aliphatic rings. The highest BCUT2D eigenvalue weighted by Gasteiger charge is 2.74. The number of aliphatic hydroxyl groups is 2. The van der Waals surface area contributed by atoms with Gasteiger partial charge in [0.1, 0.15) is 24.4 Å². The van der Waals surface area contributed by atoms with Crippen molar-refractivity contribution in [2.75, 3.05) is 6.61 Å². The summed E-state index contributed by atoms with van der Waals surface area (Å²) in [5.41, 5.74) is -7.89. The van der Waals surface area contributed by atoms with Crippen LogP contribution in [-0.2, 0) is 52.1 Å². The molecule has 6 rings (SSSR count). The standard InChI is InChI=1S/C55H67NO15Si/c1-32-39(68-50(64)44(71-72(11,12)51(5,6)7)42(36-22-16-13-17-23-36)56-48(62)37-24-18-14-19-25-37)30-55(65)47(69-49(63)38-26-20-15-21-27-38)45-53(10,46(61)43(67-34(3)58)41(32)52(55,8)9)40(60)28-29-54(45,70-35(4)59)31-66-33(2)57/h13-29,39-40,42-45,47,60,65H,30-31H2,1-12H3,(H,56,62)/t39-,40+,42-,43+,44+,45-,47-,53+,54+,55+/m0/s1. The second-order valence-electron chi connectivity index (χ2n) is 21.2. The number of ether oxygens (including phenoxy) is 5. The number of amides is 1. The van der Waals surface area contributed by atoms with Gasteiger partial charge in [-0.3, -0.25) is 24.0 Å². The third-order valence-corrected chi connectivity index (χ3v) is 19.6. The molecule has 3 aromatic rings. The van der Waals surface area contributed by atoms with Gasteiger partial charge in [0.2, 0.25) is 0 Å². The first kappa shape index (κ1) is 55.0. The van der Waals surface area contributed by atoms with Crippen LogP contribution in [0.25, 0.3) is 0 Å². The van der Waals surface area contributed by atoms with E-state index in [9.17, 15) is 34.2 Å². The minimum atomic E-state index is -2.98. The number of carbonyl (C=O) groups is 7. The van der Waals surface area contributed by atoms with E-state index >= 15 is 9.59 Å². The van der Waals surface area contributed by atoms with Crippen molar-refractivity contribution < 1.29 is 71.9 Å². The lowest BCUT2D eigenvalue weighted by molar-refractivity contribution is -0.249. The number of hydrogen-bond acceptors (Lipinski definition) is 15. The Kier molecular flexibility index (Phi) is 15.8. The van der Waals surface area contributed by atoms with E-state index in [1.807, 2.05) is 33.9 Å². The molecule has 1 amide bonds. The summed E-state index contributed by atoms with van der Waals surface area (Å²) in [6, 6.07) is 23.7. The summed E-state index contributed by atoms with van der Waals surface area (Å²) in [5.74, 6) is -8.02. The van der Waals surface area contributed by atoms with Gasteiger partial charge in [-0.25, -0.2) is 9.59 Å². The summed E-state index contributed by atoms with van der Waals surface area (Å²) in [6.07, 6.45) is -6.99. The summed E-state index contributed by atoms with van der Waals surface area (Å²) in [6.45, 7) is 18.2. The van der Waals surface area contributed by atoms with Crippen LogP contribution in [-0.4, -0.2) is 108 Å². The SMILES string of the molecule is CC(=O)OC[C@]1(OC(C)=O)C=C[C@@H](O)[C@@]2(C)C(=O)[C@H](OC(C)=O)C3=C(C)[C@@H](OC(=O)[C@H](O[Si](C)(C)C(C)(C)C)[C@@H](NC(=O)c4ccccc4)c4ccccc4)C[C@@](O)([C@@H](OC(=O)c4ccccc4)[C@@H]21)C3(C)C. The van der Waals surface area contributed by atoms with E-state index in [-0.39, 0.29) is 16.7 Å². The first-order valence-corrected chi connectivity index (χ1v) is 26.8. The zero-order chi connectivity index (χ0) is 53.4. The van der Waals surface area contributed by atoms with Gasteiger partial charge in [-0.2, -0.15) is 0 Å². The molecule has 1 fully saturated rings. The zero-order valence-corrected chi connectivity index (χ0v) is 44.0. The number of hydrogen-bond donors (Lipinski definition) is 3. The third kappa shape index (κ3) is 10.5. The average molecular weight is 1010 g/mol. The molecule has 0 spiro atoms. The van der Waals surface area contributed by atoms with Crippen molar-refractivity contribution in [2.24, 2.45) is 16.7 Å². The lowest BCUT2D eigenvalue weighted by Crippen LogP contribution is -2.75. The molecule has 10 atom stereocenters. The molecule has 1 saturated carbocycles. The van der Waals surface area contributed by atoms with Crippen molar-refractivity contribution in [1.29, 1.82) is 0 Å². The predicted molar refractivity (Wildman–Crippen MR) is 265 cm³/mol. The maximum Gasteiger partial charge on any atom is 0.338 e. The van der Waals surface area contributed by atoms with Crippen LogP contribution in [0.1, 0.15) is 108 Å². The highest BCUT2D eigenvalue weighted by Crippen LogP contribution is 2.62. The van der Waals surface area contributed by atoms with E-state index in [2.05, 4.69) is 5.32 Å². The van der Waals surface area contributed by atoms with E-state index < -0.39 is 132 Å². The van der Waals surface area contributed by atoms with Gasteiger partial charge in [-0.05, 0) is 79.0 Å². The van der Waals surface area contributed by atoms with Crippen LogP contribution in [0, 0.1) is 16.7 Å². The summed E-state index contributed by atoms with van der Waals surface area (Å²) < 4.78 is 37.6. The molecule has 3 aliphatic carbocycles. The lowest BCUT2D eigenvalue weighted by Gasteiger charge is -2.62. The number of rotatable bonds is 14. The lowest BCUT2D eigenvalue weighted by atomic mass is 9.47. The van der Waals surface area contributed by atoms with Crippen LogP contribution in [0.3, 0.4) is 0 Å². The van der Waals surface area contributed by atoms with Crippen molar-refractivity contribution in [3.8, 4) is 0 Å². The van der Waals surface area contributed by atoms with Crippen molar-refractivity contribution in [3.63, 3.8) is 0 Å². The zero-order valence-electron chi connectivity index (χ0n) is 43.0. The van der Waals surface area contributed by atoms with E-state index in [1.165, 1.54) is 31.2 Å². The largest absolute Gasteiger partial charge is 0.461 e. The van der Waals surface area contributed by atoms with Crippen LogP contribution in [0.2, 0.25) is 18.1 Å². The van der Waals surface area contributed by atoms with Crippen molar-refractivity contribution in [1.82, 2.24) is 5.32 Å². The number of carbonyl (C=O) groups excluding carboxylic acids is 7. The van der Waals surface area contributed by atoms with Gasteiger partial charge < -0.3 is 43.6 Å². The number of aliphatic hydroxyl groups excluding tert-OH is 1. The fourth-order valence-corrected chi connectivity index (χ4v) is 11.5. The first-order valence-electron chi connectivity index (χ1n) is 23.9. The van der Waals surface area contributed by atoms with Crippen molar-refractivity contribution in [3.05, 3.63) is 131 Å². The van der Waals surface area contributed by atoms with E-state index in [0.717, 1.165) is 20.8 Å². The molecule has 0 aromatic heterocycles. The molecule has 72 heavy (non-hydrogen) atoms. The highest BCUT2D eigenvalue weighted by atomic mass is 28.4. The van der Waals surface area contributed by atoms with Gasteiger partial charge >= 0.3 is 29.8 Å². The number of Topliss-reactive ketones (excluding diaryl/α,β-unsaturated/α-hetero) is 1. The van der Waals surface area contributed by atoms with Crippen molar-refractivity contribution >= 4 is 49.9 Å². The van der Waals surface area contributed by atoms with Gasteiger partial charge in [0.05, 0.1) is 29.0 Å². The highest BCUT2D eigenvalue weighted by molar-refractivity contribution is 6.74. The molecule has 2 bridgehead atoms. The summed E-state index contributed by atoms with van der Waals surface area (Å²) in [4.78, 5) is 99.3. The average Bonchev–Trinajstić information content (AvgIpc) is 3.31. The molecule has 0 unspecified atom stereocenters. The number of ketones is 1. The second-order valence-corrected chi connectivity index (χ2v) is 26.0. The van der Waals surface area contributed by atoms with Gasteiger partial charge in [0, 0.05) is 38.2 Å². The van der Waals surface area contributed by atoms with Crippen LogP contribution < -0.4 is 5.32 Å². The molecule has 3 N–H and O–H groups in total. The normalized spacial score (nSPS) is 27.6. The molecular weight excluding hydrogens is 943 g/mol. The predicted octanol–water partition coefficient (Wildman–Crippen LogP) is 7.10. The Morgan fingerprint density at radius 2 is 1.35 bits per heavy atom. The molecule has 0 saturated heterocycles. The Morgan fingerprint density at radius 1 is 0.792 bits per heavy atom. The van der Waals surface area contributed by atoms with Crippen molar-refractivity contribution in [2.45, 2.75) is 142 Å². The monoisotopic (exact) mass is 1010 g/mol. The minimum absolute atomic E-state index is 0.0117. The smallest absolute Gasteiger partial charge is 0.338 e. The van der Waals surface area contributed by atoms with Gasteiger partial charge in [0.25, 0.3) is 5.91 Å². The number of fused-ring (bicyclic) bond motifs is 3. The quantitative estimate of drug-likeness (QED) is 0.0634. The molecule has 386 valence electrons. The summed E-state index contributed by atoms with van der Waals surface area (Å²) in [5, 5.41) is 28.8. The third-order valence-electron chi connectivity index (χ3n) is 15.2. The number of benzene rings is 3. The molecular formula is C55H67NO15Si. The summed E-state index contributed by atoms with van der Waals surface area (Å²) in [7, 11) is -2.98. The Balaban J connectivity index is 1.63. The van der Waals surface area contributed by atoms with Crippen LogP contribution in [0.5, 0.6) is 0 Å². The second kappa shape index (κ2) is 20.7. The molecule has 3 aromatic carbocycles. The van der Waals surface area contributed by atoms with E-state index in [0.29, 0.717) is 11.1 Å². The fraction of sp³-hybridized carbons (Fsp3) is 0.473. The number of esters is 5. The number of nitrogens with one attached hydrogen (secondary N) is 1. The van der Waals surface area contributed by atoms with E-state index in [1.54, 1.807) is 99.6 Å². The Bertz CT molecular complexity index is 2630. The fourth-order valence-electron chi connectivity index (χ4n) is 10.2. The van der Waals surface area contributed by atoms with Crippen LogP contribution in [0.4, 0.5) is 0 Å². The Hall–Kier alpha value is -6.27. The Labute approximate surface area is 421 Å². The summed E-state index contributed by atoms with van der Waals surface area (Å²) >= 11 is 0. The van der Waals surface area contributed by atoms with Crippen LogP contribution in [0.15, 0.2) is 114 Å². The molecule has 0 heterocycles. The van der Waals surface area contributed by atoms with Gasteiger partial charge in [0.15, 0.2) is 31.9 Å². The first-order chi connectivity index (χ1) is 33.5. The molecule has 0 aliphatic heterocycles. The Morgan fingerprint density at radius 3 is 1.88 bits per heavy atom. The van der Waals surface area contributed by atoms with Gasteiger partial charge in [-0.15, -0.1) is 0 Å². The minimum Gasteiger partial charge on any atom is -0.461 e. The maximum atomic E-state index is 15.9. The topological polar surface area (TPSA) is 227 Å². The van der Waals surface area contributed by atoms with Gasteiger partial charge in [-0.1, -0.05) is 107 Å². The maximum absolute atomic E-state index is 15.9. The van der Waals surface area contributed by atoms with Crippen LogP contribution >= 0.6 is 0 Å². The molecule has 16 nitrogen and oxygen atoms in total.